The summed E-state index contributed by atoms with van der Waals surface area (Å²) < 4.78 is 0. The van der Waals surface area contributed by atoms with Gasteiger partial charge in [0.2, 0.25) is 0 Å². The van der Waals surface area contributed by atoms with Gasteiger partial charge in [0.05, 0.1) is 0 Å². The van der Waals surface area contributed by atoms with Crippen molar-refractivity contribution in [1.29, 1.82) is 0 Å². The van der Waals surface area contributed by atoms with Crippen LogP contribution in [0.2, 0.25) is 0 Å². The van der Waals surface area contributed by atoms with Crippen LogP contribution in [0.5, 0.6) is 0 Å². The van der Waals surface area contributed by atoms with E-state index in [1.54, 1.807) is 0 Å². The summed E-state index contributed by atoms with van der Waals surface area (Å²) in [6, 6.07) is 0.654. The average molecular weight is 243 g/mol. The lowest BCUT2D eigenvalue weighted by Gasteiger charge is -2.10. The van der Waals surface area contributed by atoms with Gasteiger partial charge in [0, 0.05) is 6.04 Å². The van der Waals surface area contributed by atoms with E-state index in [-0.39, 0.29) is 0 Å². The third-order valence-corrected chi connectivity index (χ3v) is 3.12. The van der Waals surface area contributed by atoms with E-state index in [0.29, 0.717) is 6.04 Å². The fourth-order valence-electron chi connectivity index (χ4n) is 1.78. The summed E-state index contributed by atoms with van der Waals surface area (Å²) >= 11 is 0. The molecule has 0 saturated carbocycles. The molecule has 0 aromatic heterocycles. The molecule has 0 aliphatic carbocycles. The van der Waals surface area contributed by atoms with E-state index in [1.807, 2.05) is 7.05 Å². The summed E-state index contributed by atoms with van der Waals surface area (Å²) in [4.78, 5) is 0. The van der Waals surface area contributed by atoms with Gasteiger partial charge in [-0.25, -0.2) is 0 Å². The van der Waals surface area contributed by atoms with Gasteiger partial charge < -0.3 is 16.0 Å². The minimum atomic E-state index is 0.654. The third-order valence-electron chi connectivity index (χ3n) is 3.12. The topological polar surface area (TPSA) is 36.1 Å². The summed E-state index contributed by atoms with van der Waals surface area (Å²) in [6.07, 6.45) is 7.77. The molecule has 0 spiro atoms. The molecule has 0 bridgehead atoms. The number of nitrogens with one attached hydrogen (secondary N) is 3. The van der Waals surface area contributed by atoms with Crippen LogP contribution in [0, 0.1) is 0 Å². The van der Waals surface area contributed by atoms with E-state index in [1.165, 1.54) is 64.7 Å². The molecule has 3 nitrogen and oxygen atoms in total. The fraction of sp³-hybridized carbons (Fsp3) is 1.00. The monoisotopic (exact) mass is 243 g/mol. The van der Waals surface area contributed by atoms with Crippen LogP contribution < -0.4 is 16.0 Å². The predicted molar refractivity (Wildman–Crippen MR) is 77.6 cm³/mol. The van der Waals surface area contributed by atoms with Crippen molar-refractivity contribution in [3.05, 3.63) is 0 Å². The zero-order valence-corrected chi connectivity index (χ0v) is 12.1. The van der Waals surface area contributed by atoms with Crippen LogP contribution >= 0.6 is 0 Å². The second-order valence-corrected chi connectivity index (χ2v) is 4.89. The van der Waals surface area contributed by atoms with Crippen molar-refractivity contribution >= 4 is 0 Å². The van der Waals surface area contributed by atoms with Crippen molar-refractivity contribution < 1.29 is 0 Å². The summed E-state index contributed by atoms with van der Waals surface area (Å²) in [6.45, 7) is 9.16. The van der Waals surface area contributed by atoms with E-state index in [2.05, 4.69) is 29.8 Å². The molecule has 0 fully saturated rings. The molecule has 104 valence electrons. The first-order valence-corrected chi connectivity index (χ1v) is 7.40. The van der Waals surface area contributed by atoms with Crippen LogP contribution in [0.15, 0.2) is 0 Å². The van der Waals surface area contributed by atoms with E-state index >= 15 is 0 Å². The van der Waals surface area contributed by atoms with Crippen LogP contribution in [-0.2, 0) is 0 Å². The van der Waals surface area contributed by atoms with E-state index in [9.17, 15) is 0 Å². The average Bonchev–Trinajstić information content (AvgIpc) is 2.35. The molecule has 0 saturated heterocycles. The van der Waals surface area contributed by atoms with Crippen molar-refractivity contribution in [1.82, 2.24) is 16.0 Å². The van der Waals surface area contributed by atoms with Crippen LogP contribution in [-0.4, -0.2) is 39.3 Å². The Bertz CT molecular complexity index is 139. The molecule has 0 aromatic carbocycles. The lowest BCUT2D eigenvalue weighted by Crippen LogP contribution is -2.24. The summed E-state index contributed by atoms with van der Waals surface area (Å²) in [5, 5.41) is 10.2. The smallest absolute Gasteiger partial charge is 0.00361 e. The molecule has 1 unspecified atom stereocenters. The first-order valence-electron chi connectivity index (χ1n) is 7.40. The van der Waals surface area contributed by atoms with Crippen molar-refractivity contribution in [2.45, 2.75) is 58.4 Å². The lowest BCUT2D eigenvalue weighted by atomic mass is 10.2. The minimum absolute atomic E-state index is 0.654. The Labute approximate surface area is 108 Å². The molecule has 0 aliphatic rings. The van der Waals surface area contributed by atoms with Crippen LogP contribution in [0.4, 0.5) is 0 Å². The van der Waals surface area contributed by atoms with Crippen LogP contribution in [0.25, 0.3) is 0 Å². The zero-order valence-electron chi connectivity index (χ0n) is 12.1. The van der Waals surface area contributed by atoms with Gasteiger partial charge in [-0.3, -0.25) is 0 Å². The molecule has 0 heterocycles. The molecule has 0 rings (SSSR count). The molecule has 3 heteroatoms. The maximum absolute atomic E-state index is 3.52. The van der Waals surface area contributed by atoms with Gasteiger partial charge in [0.1, 0.15) is 0 Å². The summed E-state index contributed by atoms with van der Waals surface area (Å²) in [5.74, 6) is 0. The molecule has 1 atom stereocenters. The van der Waals surface area contributed by atoms with Gasteiger partial charge in [0.15, 0.2) is 0 Å². The van der Waals surface area contributed by atoms with Gasteiger partial charge in [-0.05, 0) is 72.3 Å². The number of unbranched alkanes of at least 4 members (excludes halogenated alkanes) is 2. The SMILES string of the molecule is CCCNCCCCCNCCCC(C)NC. The van der Waals surface area contributed by atoms with Crippen LogP contribution in [0.3, 0.4) is 0 Å². The lowest BCUT2D eigenvalue weighted by molar-refractivity contribution is 0.511. The van der Waals surface area contributed by atoms with E-state index < -0.39 is 0 Å². The van der Waals surface area contributed by atoms with Crippen LogP contribution in [0.1, 0.15) is 52.4 Å². The molecular weight excluding hydrogens is 210 g/mol. The third kappa shape index (κ3) is 13.8. The predicted octanol–water partition coefficient (Wildman–Crippen LogP) is 2.13. The Morgan fingerprint density at radius 3 is 2.00 bits per heavy atom. The fourth-order valence-corrected chi connectivity index (χ4v) is 1.78. The highest BCUT2D eigenvalue weighted by Gasteiger charge is 1.96. The van der Waals surface area contributed by atoms with Gasteiger partial charge in [-0.1, -0.05) is 13.3 Å². The zero-order chi connectivity index (χ0) is 12.8. The van der Waals surface area contributed by atoms with E-state index in [4.69, 9.17) is 0 Å². The Morgan fingerprint density at radius 1 is 0.824 bits per heavy atom. The second-order valence-electron chi connectivity index (χ2n) is 4.89. The maximum Gasteiger partial charge on any atom is 0.00361 e. The Hall–Kier alpha value is -0.120. The van der Waals surface area contributed by atoms with E-state index in [0.717, 1.165) is 0 Å². The normalized spacial score (nSPS) is 12.9. The number of hydrogen-bond acceptors (Lipinski definition) is 3. The molecule has 3 N–H and O–H groups in total. The first-order chi connectivity index (χ1) is 8.31. The van der Waals surface area contributed by atoms with Gasteiger partial charge >= 0.3 is 0 Å². The van der Waals surface area contributed by atoms with Gasteiger partial charge in [-0.2, -0.15) is 0 Å². The standard InChI is InChI=1S/C14H33N3/c1-4-10-16-11-6-5-7-12-17-13-8-9-14(2)15-3/h14-17H,4-13H2,1-3H3. The molecule has 0 aliphatic heterocycles. The van der Waals surface area contributed by atoms with Crippen molar-refractivity contribution in [3.63, 3.8) is 0 Å². The highest BCUT2D eigenvalue weighted by molar-refractivity contribution is 4.58. The van der Waals surface area contributed by atoms with Gasteiger partial charge in [-0.15, -0.1) is 0 Å². The first kappa shape index (κ1) is 16.9. The Kier molecular flexibility index (Phi) is 13.8. The Morgan fingerprint density at radius 2 is 1.41 bits per heavy atom. The van der Waals surface area contributed by atoms with Gasteiger partial charge in [0.25, 0.3) is 0 Å². The second kappa shape index (κ2) is 13.9. The number of rotatable bonds is 13. The highest BCUT2D eigenvalue weighted by atomic mass is 14.9. The maximum atomic E-state index is 3.52. The van der Waals surface area contributed by atoms with Crippen molar-refractivity contribution in [2.24, 2.45) is 0 Å². The van der Waals surface area contributed by atoms with Crippen molar-refractivity contribution in [2.75, 3.05) is 33.2 Å². The largest absolute Gasteiger partial charge is 0.317 e. The quantitative estimate of drug-likeness (QED) is 0.434. The van der Waals surface area contributed by atoms with Crippen molar-refractivity contribution in [3.8, 4) is 0 Å². The molecular formula is C14H33N3. The molecule has 17 heavy (non-hydrogen) atoms. The molecule has 0 aromatic rings. The minimum Gasteiger partial charge on any atom is -0.317 e. The molecule has 0 amide bonds. The Balaban J connectivity index is 2.94. The number of hydrogen-bond donors (Lipinski definition) is 3. The summed E-state index contributed by atoms with van der Waals surface area (Å²) in [5.41, 5.74) is 0. The summed E-state index contributed by atoms with van der Waals surface area (Å²) in [7, 11) is 2.03. The highest BCUT2D eigenvalue weighted by Crippen LogP contribution is 1.95. The molecule has 0 radical (unpaired) electrons.